The minimum Gasteiger partial charge on any atom is -0.490 e. The number of fused-ring (bicyclic) bond motifs is 1. The molecule has 2 aromatic heterocycles. The molecule has 1 amide bonds. The predicted octanol–water partition coefficient (Wildman–Crippen LogP) is 6.74. The van der Waals surface area contributed by atoms with Gasteiger partial charge < -0.3 is 19.7 Å². The van der Waals surface area contributed by atoms with Crippen molar-refractivity contribution in [1.82, 2.24) is 24.5 Å². The summed E-state index contributed by atoms with van der Waals surface area (Å²) in [5.74, 6) is -0.774. The number of benzene rings is 1. The Morgan fingerprint density at radius 3 is 2.34 bits per heavy atom. The van der Waals surface area contributed by atoms with E-state index in [2.05, 4.69) is 20.4 Å². The quantitative estimate of drug-likeness (QED) is 0.318. The number of rotatable bonds is 6. The molecule has 1 N–H and O–H groups in total. The van der Waals surface area contributed by atoms with E-state index >= 15 is 8.78 Å². The van der Waals surface area contributed by atoms with Crippen LogP contribution in [0.5, 0.6) is 5.75 Å². The molecule has 1 aromatic carbocycles. The van der Waals surface area contributed by atoms with E-state index < -0.39 is 17.2 Å². The average Bonchev–Trinajstić information content (AvgIpc) is 3.31. The fourth-order valence-corrected chi connectivity index (χ4v) is 5.75. The van der Waals surface area contributed by atoms with Crippen LogP contribution in [0, 0.1) is 23.0 Å². The van der Waals surface area contributed by atoms with Crippen molar-refractivity contribution in [3.63, 3.8) is 0 Å². The van der Waals surface area contributed by atoms with E-state index in [1.54, 1.807) is 4.90 Å². The molecule has 1 spiro atoms. The van der Waals surface area contributed by atoms with E-state index in [-0.39, 0.29) is 57.4 Å². The number of nitrogens with one attached hydrogen (secondary N) is 1. The van der Waals surface area contributed by atoms with Gasteiger partial charge in [-0.05, 0) is 64.7 Å². The van der Waals surface area contributed by atoms with Crippen molar-refractivity contribution in [3.8, 4) is 16.9 Å². The first-order valence-electron chi connectivity index (χ1n) is 14.0. The smallest absolute Gasteiger partial charge is 0.410 e. The van der Waals surface area contributed by atoms with E-state index in [9.17, 15) is 4.79 Å². The number of hydrogen-bond donors (Lipinski definition) is 1. The number of piperidine rings is 1. The first-order valence-corrected chi connectivity index (χ1v) is 14.4. The number of hydrogen-bond acceptors (Lipinski definition) is 7. The normalized spacial score (nSPS) is 18.0. The van der Waals surface area contributed by atoms with Gasteiger partial charge in [-0.2, -0.15) is 19.6 Å². The maximum atomic E-state index is 15.6. The van der Waals surface area contributed by atoms with Crippen LogP contribution in [0.25, 0.3) is 16.9 Å². The van der Waals surface area contributed by atoms with Crippen molar-refractivity contribution in [2.45, 2.75) is 85.0 Å². The molecule has 12 heteroatoms. The molecule has 1 saturated carbocycles. The van der Waals surface area contributed by atoms with Gasteiger partial charge in [0.1, 0.15) is 40.3 Å². The van der Waals surface area contributed by atoms with Crippen molar-refractivity contribution in [3.05, 3.63) is 35.2 Å². The Morgan fingerprint density at radius 1 is 1.12 bits per heavy atom. The first-order chi connectivity index (χ1) is 19.2. The highest BCUT2D eigenvalue weighted by atomic mass is 35.5. The summed E-state index contributed by atoms with van der Waals surface area (Å²) in [5, 5.41) is 7.39. The Labute approximate surface area is 243 Å². The third-order valence-electron chi connectivity index (χ3n) is 8.11. The fraction of sp³-hybridized carbons (Fsp3) is 0.586. The SMILES string of the molecule is CC(C)[C@@H](C)Nc1c(-c2c(F)cc(OC3CC4(CCN(C(=O)OC(C)(C)C)CC4)C3)cc2F)c(Cl)nc2ncnn12. The van der Waals surface area contributed by atoms with E-state index in [1.807, 2.05) is 41.5 Å². The second-order valence-electron chi connectivity index (χ2n) is 12.7. The largest absolute Gasteiger partial charge is 0.490 e. The summed E-state index contributed by atoms with van der Waals surface area (Å²) in [7, 11) is 0. The lowest BCUT2D eigenvalue weighted by Crippen LogP contribution is -2.52. The Morgan fingerprint density at radius 2 is 1.76 bits per heavy atom. The Balaban J connectivity index is 1.30. The fourth-order valence-electron chi connectivity index (χ4n) is 5.49. The highest BCUT2D eigenvalue weighted by Crippen LogP contribution is 2.51. The monoisotopic (exact) mass is 590 g/mol. The average molecular weight is 591 g/mol. The third-order valence-corrected chi connectivity index (χ3v) is 8.39. The lowest BCUT2D eigenvalue weighted by Gasteiger charge is -2.51. The van der Waals surface area contributed by atoms with Crippen LogP contribution < -0.4 is 10.1 Å². The van der Waals surface area contributed by atoms with Gasteiger partial charge in [0, 0.05) is 31.3 Å². The summed E-state index contributed by atoms with van der Waals surface area (Å²) >= 11 is 6.48. The van der Waals surface area contributed by atoms with Crippen molar-refractivity contribution >= 4 is 29.3 Å². The molecular formula is C29H37ClF2N6O3. The molecule has 222 valence electrons. The number of nitrogens with zero attached hydrogens (tertiary/aromatic N) is 5. The van der Waals surface area contributed by atoms with E-state index in [0.717, 1.165) is 25.7 Å². The van der Waals surface area contributed by atoms with Crippen LogP contribution in [0.2, 0.25) is 5.15 Å². The van der Waals surface area contributed by atoms with Gasteiger partial charge in [-0.3, -0.25) is 0 Å². The van der Waals surface area contributed by atoms with Gasteiger partial charge in [0.05, 0.1) is 17.2 Å². The Bertz CT molecular complexity index is 1420. The number of anilines is 1. The molecule has 1 atom stereocenters. The molecule has 0 unspecified atom stereocenters. The van der Waals surface area contributed by atoms with E-state index in [0.29, 0.717) is 18.9 Å². The molecular weight excluding hydrogens is 554 g/mol. The molecule has 9 nitrogen and oxygen atoms in total. The molecule has 2 fully saturated rings. The Kier molecular flexibility index (Phi) is 7.78. The third kappa shape index (κ3) is 6.05. The van der Waals surface area contributed by atoms with Crippen LogP contribution in [0.3, 0.4) is 0 Å². The van der Waals surface area contributed by atoms with Gasteiger partial charge in [0.15, 0.2) is 0 Å². The minimum absolute atomic E-state index is 0.0599. The molecule has 41 heavy (non-hydrogen) atoms. The van der Waals surface area contributed by atoms with Crippen molar-refractivity contribution in [2.75, 3.05) is 18.4 Å². The molecule has 1 aliphatic carbocycles. The summed E-state index contributed by atoms with van der Waals surface area (Å²) in [5.41, 5.74) is -0.708. The summed E-state index contributed by atoms with van der Waals surface area (Å²) in [4.78, 5) is 22.4. The number of ether oxygens (including phenoxy) is 2. The molecule has 0 radical (unpaired) electrons. The zero-order chi connectivity index (χ0) is 29.7. The van der Waals surface area contributed by atoms with Gasteiger partial charge in [-0.1, -0.05) is 25.4 Å². The second-order valence-corrected chi connectivity index (χ2v) is 13.0. The molecule has 3 heterocycles. The van der Waals surface area contributed by atoms with Crippen LogP contribution in [0.15, 0.2) is 18.5 Å². The van der Waals surface area contributed by atoms with Crippen molar-refractivity contribution in [2.24, 2.45) is 11.3 Å². The maximum Gasteiger partial charge on any atom is 0.410 e. The van der Waals surface area contributed by atoms with Crippen molar-refractivity contribution < 1.29 is 23.0 Å². The van der Waals surface area contributed by atoms with Crippen LogP contribution in [-0.2, 0) is 4.74 Å². The van der Waals surface area contributed by atoms with Crippen LogP contribution in [-0.4, -0.2) is 61.4 Å². The van der Waals surface area contributed by atoms with Crippen LogP contribution in [0.4, 0.5) is 19.4 Å². The van der Waals surface area contributed by atoms with E-state index in [1.165, 1.54) is 23.0 Å². The topological polar surface area (TPSA) is 93.9 Å². The zero-order valence-corrected chi connectivity index (χ0v) is 25.1. The lowest BCUT2D eigenvalue weighted by atomic mass is 9.61. The molecule has 3 aromatic rings. The van der Waals surface area contributed by atoms with Crippen LogP contribution >= 0.6 is 11.6 Å². The van der Waals surface area contributed by atoms with Gasteiger partial charge in [0.25, 0.3) is 5.78 Å². The molecule has 5 rings (SSSR count). The number of carbonyl (C=O) groups excluding carboxylic acids is 1. The summed E-state index contributed by atoms with van der Waals surface area (Å²) in [6.45, 7) is 12.8. The number of aromatic nitrogens is 4. The lowest BCUT2D eigenvalue weighted by molar-refractivity contribution is -0.0584. The van der Waals surface area contributed by atoms with Gasteiger partial charge in [-0.15, -0.1) is 0 Å². The molecule has 2 aliphatic rings. The highest BCUT2D eigenvalue weighted by molar-refractivity contribution is 6.33. The summed E-state index contributed by atoms with van der Waals surface area (Å²) in [6, 6.07) is 2.31. The molecule has 1 aliphatic heterocycles. The predicted molar refractivity (Wildman–Crippen MR) is 152 cm³/mol. The van der Waals surface area contributed by atoms with Crippen molar-refractivity contribution in [1.29, 1.82) is 0 Å². The maximum absolute atomic E-state index is 15.6. The zero-order valence-electron chi connectivity index (χ0n) is 24.3. The van der Waals surface area contributed by atoms with E-state index in [4.69, 9.17) is 21.1 Å². The number of carbonyl (C=O) groups is 1. The summed E-state index contributed by atoms with van der Waals surface area (Å²) < 4.78 is 44.1. The first kappa shape index (κ1) is 29.3. The highest BCUT2D eigenvalue weighted by Gasteiger charge is 2.48. The number of likely N-dealkylation sites (tertiary alicyclic amines) is 1. The molecule has 1 saturated heterocycles. The summed E-state index contributed by atoms with van der Waals surface area (Å²) in [6.07, 6.45) is 4.07. The van der Waals surface area contributed by atoms with Crippen LogP contribution in [0.1, 0.15) is 67.2 Å². The standard InChI is InChI=1S/C29H37ClF2N6O3/c1-16(2)17(3)35-25-23(24(30)36-26-33-15-34-38(25)26)22-20(31)11-18(12-21(22)32)40-19-13-29(14-19)7-9-37(10-8-29)27(39)41-28(4,5)6/h11-12,15-17,19,35H,7-10,13-14H2,1-6H3/t17-/m1/s1. The van der Waals surface area contributed by atoms with Gasteiger partial charge in [-0.25, -0.2) is 13.6 Å². The number of halogens is 3. The Hall–Kier alpha value is -3.21. The van der Waals surface area contributed by atoms with Gasteiger partial charge in [0.2, 0.25) is 0 Å². The number of amides is 1. The molecule has 0 bridgehead atoms. The second kappa shape index (κ2) is 10.9. The van der Waals surface area contributed by atoms with Gasteiger partial charge >= 0.3 is 6.09 Å². The minimum atomic E-state index is -0.817.